The third-order valence-electron chi connectivity index (χ3n) is 2.81. The van der Waals surface area contributed by atoms with Gasteiger partial charge in [0.25, 0.3) is 0 Å². The molecule has 1 aromatic heterocycles. The predicted octanol–water partition coefficient (Wildman–Crippen LogP) is 2.19. The summed E-state index contributed by atoms with van der Waals surface area (Å²) in [4.78, 5) is 11.8. The minimum absolute atomic E-state index is 0.00174. The number of rotatable bonds is 5. The van der Waals surface area contributed by atoms with Gasteiger partial charge >= 0.3 is 0 Å². The van der Waals surface area contributed by atoms with Crippen molar-refractivity contribution in [3.63, 3.8) is 0 Å². The van der Waals surface area contributed by atoms with Gasteiger partial charge in [0.2, 0.25) is 17.7 Å². The molecule has 0 bridgehead atoms. The molecule has 1 N–H and O–H groups in total. The molecule has 2 rings (SSSR count). The van der Waals surface area contributed by atoms with E-state index in [2.05, 4.69) is 15.5 Å². The molecule has 0 radical (unpaired) electrons. The van der Waals surface area contributed by atoms with Gasteiger partial charge < -0.3 is 9.73 Å². The minimum atomic E-state index is -0.0211. The summed E-state index contributed by atoms with van der Waals surface area (Å²) in [7, 11) is 0. The Morgan fingerprint density at radius 1 is 1.32 bits per heavy atom. The minimum Gasteiger partial charge on any atom is -0.426 e. The first kappa shape index (κ1) is 13.3. The molecule has 1 aromatic carbocycles. The van der Waals surface area contributed by atoms with Crippen LogP contribution in [0.5, 0.6) is 0 Å². The Balaban J connectivity index is 1.81. The molecule has 0 aliphatic rings. The van der Waals surface area contributed by atoms with Gasteiger partial charge in [-0.2, -0.15) is 0 Å². The fourth-order valence-electron chi connectivity index (χ4n) is 1.80. The van der Waals surface area contributed by atoms with Crippen LogP contribution in [-0.2, 0) is 11.2 Å². The van der Waals surface area contributed by atoms with E-state index in [1.165, 1.54) is 0 Å². The summed E-state index contributed by atoms with van der Waals surface area (Å²) in [5.74, 6) is 1.00. The molecule has 19 heavy (non-hydrogen) atoms. The Morgan fingerprint density at radius 3 is 2.68 bits per heavy atom. The molecule has 0 spiro atoms. The number of benzene rings is 1. The maximum Gasteiger partial charge on any atom is 0.220 e. The predicted molar refractivity (Wildman–Crippen MR) is 70.4 cm³/mol. The number of carbonyl (C=O) groups is 1. The van der Waals surface area contributed by atoms with Gasteiger partial charge in [-0.05, 0) is 12.5 Å². The van der Waals surface area contributed by atoms with Gasteiger partial charge in [0.1, 0.15) is 0 Å². The molecule has 100 valence electrons. The highest BCUT2D eigenvalue weighted by Gasteiger charge is 2.11. The van der Waals surface area contributed by atoms with Crippen molar-refractivity contribution in [2.45, 2.75) is 32.7 Å². The van der Waals surface area contributed by atoms with Crippen molar-refractivity contribution in [2.24, 2.45) is 0 Å². The second kappa shape index (κ2) is 6.13. The highest BCUT2D eigenvalue weighted by Crippen LogP contribution is 2.11. The average Bonchev–Trinajstić information content (AvgIpc) is 2.83. The molecule has 0 saturated carbocycles. The Labute approximate surface area is 112 Å². The molecule has 2 aromatic rings. The lowest BCUT2D eigenvalue weighted by Gasteiger charge is -2.13. The fourth-order valence-corrected chi connectivity index (χ4v) is 1.80. The third kappa shape index (κ3) is 3.91. The summed E-state index contributed by atoms with van der Waals surface area (Å²) >= 11 is 0. The number of nitrogens with one attached hydrogen (secondary N) is 1. The van der Waals surface area contributed by atoms with E-state index in [4.69, 9.17) is 4.42 Å². The van der Waals surface area contributed by atoms with E-state index in [1.54, 1.807) is 6.92 Å². The van der Waals surface area contributed by atoms with Gasteiger partial charge in [0.15, 0.2) is 0 Å². The van der Waals surface area contributed by atoms with Crippen LogP contribution in [0, 0.1) is 6.92 Å². The lowest BCUT2D eigenvalue weighted by molar-refractivity contribution is -0.121. The Kier molecular flexibility index (Phi) is 4.28. The Hall–Kier alpha value is -2.17. The SMILES string of the molecule is Cc1nnc(CCC(=O)NC(C)c2ccccc2)o1. The molecule has 0 aliphatic heterocycles. The zero-order valence-electron chi connectivity index (χ0n) is 11.1. The number of aryl methyl sites for hydroxylation is 2. The van der Waals surface area contributed by atoms with Crippen molar-refractivity contribution in [1.29, 1.82) is 0 Å². The molecule has 1 amide bonds. The van der Waals surface area contributed by atoms with E-state index in [-0.39, 0.29) is 11.9 Å². The van der Waals surface area contributed by atoms with E-state index in [0.717, 1.165) is 5.56 Å². The molecule has 1 heterocycles. The molecule has 5 nitrogen and oxygen atoms in total. The van der Waals surface area contributed by atoms with Crippen LogP contribution in [-0.4, -0.2) is 16.1 Å². The van der Waals surface area contributed by atoms with Gasteiger partial charge in [0, 0.05) is 19.8 Å². The van der Waals surface area contributed by atoms with Crippen LogP contribution in [0.15, 0.2) is 34.7 Å². The van der Waals surface area contributed by atoms with Crippen LogP contribution in [0.3, 0.4) is 0 Å². The van der Waals surface area contributed by atoms with Gasteiger partial charge in [-0.1, -0.05) is 30.3 Å². The number of nitrogens with zero attached hydrogens (tertiary/aromatic N) is 2. The van der Waals surface area contributed by atoms with Crippen molar-refractivity contribution >= 4 is 5.91 Å². The summed E-state index contributed by atoms with van der Waals surface area (Å²) in [5, 5.41) is 10.5. The van der Waals surface area contributed by atoms with Gasteiger partial charge in [-0.15, -0.1) is 10.2 Å². The topological polar surface area (TPSA) is 68.0 Å². The zero-order chi connectivity index (χ0) is 13.7. The number of aromatic nitrogens is 2. The van der Waals surface area contributed by atoms with Gasteiger partial charge in [-0.25, -0.2) is 0 Å². The van der Waals surface area contributed by atoms with E-state index in [9.17, 15) is 4.79 Å². The van der Waals surface area contributed by atoms with Crippen molar-refractivity contribution < 1.29 is 9.21 Å². The van der Waals surface area contributed by atoms with Crippen LogP contribution in [0.4, 0.5) is 0 Å². The molecule has 1 unspecified atom stereocenters. The van der Waals surface area contributed by atoms with E-state index in [0.29, 0.717) is 24.6 Å². The summed E-state index contributed by atoms with van der Waals surface area (Å²) in [6.07, 6.45) is 0.812. The van der Waals surface area contributed by atoms with Gasteiger partial charge in [0.05, 0.1) is 6.04 Å². The Morgan fingerprint density at radius 2 is 2.05 bits per heavy atom. The van der Waals surface area contributed by atoms with E-state index >= 15 is 0 Å². The standard InChI is InChI=1S/C14H17N3O2/c1-10(12-6-4-3-5-7-12)15-13(18)8-9-14-17-16-11(2)19-14/h3-7,10H,8-9H2,1-2H3,(H,15,18). The number of amides is 1. The summed E-state index contributed by atoms with van der Waals surface area (Å²) in [5.41, 5.74) is 1.09. The number of hydrogen-bond acceptors (Lipinski definition) is 4. The van der Waals surface area contributed by atoms with Crippen LogP contribution < -0.4 is 5.32 Å². The molecule has 0 saturated heterocycles. The van der Waals surface area contributed by atoms with Gasteiger partial charge in [-0.3, -0.25) is 4.79 Å². The van der Waals surface area contributed by atoms with E-state index < -0.39 is 0 Å². The summed E-state index contributed by atoms with van der Waals surface area (Å²) < 4.78 is 5.22. The van der Waals surface area contributed by atoms with Crippen molar-refractivity contribution in [3.8, 4) is 0 Å². The fraction of sp³-hybridized carbons (Fsp3) is 0.357. The monoisotopic (exact) mass is 259 g/mol. The lowest BCUT2D eigenvalue weighted by atomic mass is 10.1. The quantitative estimate of drug-likeness (QED) is 0.893. The third-order valence-corrected chi connectivity index (χ3v) is 2.81. The van der Waals surface area contributed by atoms with Crippen LogP contribution in [0.25, 0.3) is 0 Å². The summed E-state index contributed by atoms with van der Waals surface area (Å²) in [6.45, 7) is 3.69. The maximum atomic E-state index is 11.8. The first-order chi connectivity index (χ1) is 9.15. The van der Waals surface area contributed by atoms with Crippen molar-refractivity contribution in [3.05, 3.63) is 47.7 Å². The average molecular weight is 259 g/mol. The molecular weight excluding hydrogens is 242 g/mol. The maximum absolute atomic E-state index is 11.8. The van der Waals surface area contributed by atoms with Crippen LogP contribution in [0.1, 0.15) is 36.7 Å². The first-order valence-electron chi connectivity index (χ1n) is 6.28. The summed E-state index contributed by atoms with van der Waals surface area (Å²) in [6, 6.07) is 9.85. The second-order valence-corrected chi connectivity index (χ2v) is 4.41. The van der Waals surface area contributed by atoms with Crippen molar-refractivity contribution in [1.82, 2.24) is 15.5 Å². The molecule has 5 heteroatoms. The zero-order valence-corrected chi connectivity index (χ0v) is 11.1. The van der Waals surface area contributed by atoms with E-state index in [1.807, 2.05) is 37.3 Å². The van der Waals surface area contributed by atoms with Crippen LogP contribution >= 0.6 is 0 Å². The molecule has 0 fully saturated rings. The smallest absolute Gasteiger partial charge is 0.220 e. The lowest BCUT2D eigenvalue weighted by Crippen LogP contribution is -2.26. The largest absolute Gasteiger partial charge is 0.426 e. The molecule has 1 atom stereocenters. The highest BCUT2D eigenvalue weighted by atomic mass is 16.4. The second-order valence-electron chi connectivity index (χ2n) is 4.41. The normalized spacial score (nSPS) is 12.1. The molecular formula is C14H17N3O2. The number of carbonyl (C=O) groups excluding carboxylic acids is 1. The first-order valence-corrected chi connectivity index (χ1v) is 6.28. The Bertz CT molecular complexity index is 537. The number of hydrogen-bond donors (Lipinski definition) is 1. The molecule has 0 aliphatic carbocycles. The van der Waals surface area contributed by atoms with Crippen LogP contribution in [0.2, 0.25) is 0 Å². The van der Waals surface area contributed by atoms with Crippen molar-refractivity contribution in [2.75, 3.05) is 0 Å². The highest BCUT2D eigenvalue weighted by molar-refractivity contribution is 5.76.